The fourth-order valence-electron chi connectivity index (χ4n) is 2.33. The first kappa shape index (κ1) is 15.0. The molecule has 5 heteroatoms. The van der Waals surface area contributed by atoms with E-state index < -0.39 is 0 Å². The molecule has 0 amide bonds. The van der Waals surface area contributed by atoms with Crippen molar-refractivity contribution in [2.75, 3.05) is 7.05 Å². The zero-order valence-electron chi connectivity index (χ0n) is 12.1. The molecule has 4 nitrogen and oxygen atoms in total. The lowest BCUT2D eigenvalue weighted by atomic mass is 10.00. The van der Waals surface area contributed by atoms with Crippen LogP contribution in [0.15, 0.2) is 28.8 Å². The van der Waals surface area contributed by atoms with Crippen LogP contribution in [0.25, 0.3) is 0 Å². The third kappa shape index (κ3) is 3.58. The zero-order chi connectivity index (χ0) is 14.5. The number of rotatable bonds is 6. The predicted octanol–water partition coefficient (Wildman–Crippen LogP) is 3.42. The van der Waals surface area contributed by atoms with Crippen molar-refractivity contribution < 1.29 is 4.52 Å². The molecule has 2 rings (SSSR count). The van der Waals surface area contributed by atoms with E-state index in [0.29, 0.717) is 24.2 Å². The van der Waals surface area contributed by atoms with Gasteiger partial charge in [0.15, 0.2) is 5.82 Å². The summed E-state index contributed by atoms with van der Waals surface area (Å²) in [6.07, 6.45) is 1.65. The second kappa shape index (κ2) is 6.86. The monoisotopic (exact) mass is 293 g/mol. The summed E-state index contributed by atoms with van der Waals surface area (Å²) >= 11 is 5.97. The first-order valence-corrected chi connectivity index (χ1v) is 7.26. The molecule has 108 valence electrons. The Kier molecular flexibility index (Phi) is 5.15. The van der Waals surface area contributed by atoms with Gasteiger partial charge in [-0.2, -0.15) is 4.98 Å². The minimum atomic E-state index is 0.200. The molecule has 20 heavy (non-hydrogen) atoms. The highest BCUT2D eigenvalue weighted by atomic mass is 35.5. The van der Waals surface area contributed by atoms with Crippen molar-refractivity contribution in [1.29, 1.82) is 0 Å². The first-order valence-electron chi connectivity index (χ1n) is 6.88. The zero-order valence-corrected chi connectivity index (χ0v) is 12.8. The standard InChI is InChI=1S/C15H20ClN3O/c1-4-13(17-3)10(2)15-18-14(19-20-15)9-11-6-5-7-12(16)8-11/h5-8,10,13,17H,4,9H2,1-3H3. The summed E-state index contributed by atoms with van der Waals surface area (Å²) in [6.45, 7) is 4.24. The molecule has 0 aliphatic carbocycles. The van der Waals surface area contributed by atoms with E-state index in [2.05, 4.69) is 29.3 Å². The molecule has 0 aliphatic rings. The third-order valence-corrected chi connectivity index (χ3v) is 3.77. The fourth-order valence-corrected chi connectivity index (χ4v) is 2.55. The fraction of sp³-hybridized carbons (Fsp3) is 0.467. The van der Waals surface area contributed by atoms with Crippen LogP contribution in [0.3, 0.4) is 0 Å². The molecule has 1 aromatic carbocycles. The van der Waals surface area contributed by atoms with Gasteiger partial charge in [-0.3, -0.25) is 0 Å². The Morgan fingerprint density at radius 3 is 2.85 bits per heavy atom. The van der Waals surface area contributed by atoms with E-state index in [1.807, 2.05) is 31.3 Å². The number of benzene rings is 1. The summed E-state index contributed by atoms with van der Waals surface area (Å²) in [5, 5.41) is 8.05. The number of nitrogens with one attached hydrogen (secondary N) is 1. The average Bonchev–Trinajstić information content (AvgIpc) is 2.88. The van der Waals surface area contributed by atoms with Gasteiger partial charge in [0, 0.05) is 17.5 Å². The highest BCUT2D eigenvalue weighted by Gasteiger charge is 2.21. The van der Waals surface area contributed by atoms with Crippen LogP contribution in [0.2, 0.25) is 5.02 Å². The largest absolute Gasteiger partial charge is 0.339 e. The molecule has 1 aromatic heterocycles. The Bertz CT molecular complexity index is 552. The van der Waals surface area contributed by atoms with Gasteiger partial charge in [-0.15, -0.1) is 0 Å². The number of hydrogen-bond acceptors (Lipinski definition) is 4. The van der Waals surface area contributed by atoms with E-state index in [0.717, 1.165) is 17.0 Å². The van der Waals surface area contributed by atoms with Crippen LogP contribution >= 0.6 is 11.6 Å². The minimum absolute atomic E-state index is 0.200. The molecular weight excluding hydrogens is 274 g/mol. The van der Waals surface area contributed by atoms with Crippen LogP contribution in [-0.4, -0.2) is 23.2 Å². The minimum Gasteiger partial charge on any atom is -0.339 e. The first-order chi connectivity index (χ1) is 9.63. The Labute approximate surface area is 124 Å². The summed E-state index contributed by atoms with van der Waals surface area (Å²) in [4.78, 5) is 4.49. The van der Waals surface area contributed by atoms with E-state index in [1.165, 1.54) is 0 Å². The van der Waals surface area contributed by atoms with Crippen molar-refractivity contribution >= 4 is 11.6 Å². The van der Waals surface area contributed by atoms with Crippen molar-refractivity contribution in [3.05, 3.63) is 46.6 Å². The summed E-state index contributed by atoms with van der Waals surface area (Å²) < 4.78 is 5.38. The Morgan fingerprint density at radius 2 is 2.20 bits per heavy atom. The lowest BCUT2D eigenvalue weighted by Crippen LogP contribution is -2.30. The molecule has 0 radical (unpaired) electrons. The lowest BCUT2D eigenvalue weighted by molar-refractivity contribution is 0.324. The van der Waals surface area contributed by atoms with E-state index in [4.69, 9.17) is 16.1 Å². The second-order valence-electron chi connectivity index (χ2n) is 4.95. The second-order valence-corrected chi connectivity index (χ2v) is 5.38. The van der Waals surface area contributed by atoms with Gasteiger partial charge < -0.3 is 9.84 Å². The maximum absolute atomic E-state index is 5.97. The Hall–Kier alpha value is -1.39. The van der Waals surface area contributed by atoms with E-state index in [1.54, 1.807) is 0 Å². The molecule has 0 saturated heterocycles. The van der Waals surface area contributed by atoms with Gasteiger partial charge >= 0.3 is 0 Å². The molecule has 0 fully saturated rings. The quantitative estimate of drug-likeness (QED) is 0.887. The van der Waals surface area contributed by atoms with Gasteiger partial charge in [0.1, 0.15) is 0 Å². The van der Waals surface area contributed by atoms with Gasteiger partial charge in [-0.25, -0.2) is 0 Å². The van der Waals surface area contributed by atoms with Crippen LogP contribution < -0.4 is 5.32 Å². The molecule has 0 spiro atoms. The molecule has 2 unspecified atom stereocenters. The summed E-state index contributed by atoms with van der Waals surface area (Å²) in [5.41, 5.74) is 1.08. The maximum Gasteiger partial charge on any atom is 0.231 e. The van der Waals surface area contributed by atoms with Crippen molar-refractivity contribution in [1.82, 2.24) is 15.5 Å². The maximum atomic E-state index is 5.97. The van der Waals surface area contributed by atoms with Gasteiger partial charge in [0.2, 0.25) is 5.89 Å². The SMILES string of the molecule is CCC(NC)C(C)c1nc(Cc2cccc(Cl)c2)no1. The van der Waals surface area contributed by atoms with Gasteiger partial charge in [-0.1, -0.05) is 42.7 Å². The van der Waals surface area contributed by atoms with Crippen molar-refractivity contribution in [2.24, 2.45) is 0 Å². The molecular formula is C15H20ClN3O. The van der Waals surface area contributed by atoms with Crippen molar-refractivity contribution in [2.45, 2.75) is 38.6 Å². The van der Waals surface area contributed by atoms with Gasteiger partial charge in [0.05, 0.1) is 5.92 Å². The number of aromatic nitrogens is 2. The third-order valence-electron chi connectivity index (χ3n) is 3.54. The van der Waals surface area contributed by atoms with Crippen molar-refractivity contribution in [3.63, 3.8) is 0 Å². The van der Waals surface area contributed by atoms with Crippen LogP contribution in [0, 0.1) is 0 Å². The normalized spacial score (nSPS) is 14.2. The smallest absolute Gasteiger partial charge is 0.231 e. The number of likely N-dealkylation sites (N-methyl/N-ethyl adjacent to an activating group) is 1. The molecule has 0 aliphatic heterocycles. The Morgan fingerprint density at radius 1 is 1.40 bits per heavy atom. The summed E-state index contributed by atoms with van der Waals surface area (Å²) in [7, 11) is 1.95. The molecule has 1 heterocycles. The van der Waals surface area contributed by atoms with Crippen LogP contribution in [0.1, 0.15) is 43.5 Å². The summed E-state index contributed by atoms with van der Waals surface area (Å²) in [6, 6.07) is 8.05. The van der Waals surface area contributed by atoms with Gasteiger partial charge in [0.25, 0.3) is 0 Å². The summed E-state index contributed by atoms with van der Waals surface area (Å²) in [5.74, 6) is 1.58. The van der Waals surface area contributed by atoms with E-state index in [9.17, 15) is 0 Å². The van der Waals surface area contributed by atoms with Crippen molar-refractivity contribution in [3.8, 4) is 0 Å². The lowest BCUT2D eigenvalue weighted by Gasteiger charge is -2.18. The molecule has 1 N–H and O–H groups in total. The number of halogens is 1. The molecule has 0 bridgehead atoms. The molecule has 0 saturated carbocycles. The molecule has 2 aromatic rings. The topological polar surface area (TPSA) is 51.0 Å². The van der Waals surface area contributed by atoms with Crippen LogP contribution in [0.5, 0.6) is 0 Å². The Balaban J connectivity index is 2.09. The average molecular weight is 294 g/mol. The van der Waals surface area contributed by atoms with Gasteiger partial charge in [-0.05, 0) is 31.2 Å². The number of nitrogens with zero attached hydrogens (tertiary/aromatic N) is 2. The van der Waals surface area contributed by atoms with E-state index >= 15 is 0 Å². The number of hydrogen-bond donors (Lipinski definition) is 1. The predicted molar refractivity (Wildman–Crippen MR) is 80.1 cm³/mol. The highest BCUT2D eigenvalue weighted by Crippen LogP contribution is 2.20. The van der Waals surface area contributed by atoms with Crippen LogP contribution in [0.4, 0.5) is 0 Å². The van der Waals surface area contributed by atoms with E-state index in [-0.39, 0.29) is 5.92 Å². The molecule has 2 atom stereocenters. The highest BCUT2D eigenvalue weighted by molar-refractivity contribution is 6.30. The van der Waals surface area contributed by atoms with Crippen LogP contribution in [-0.2, 0) is 6.42 Å².